The first-order chi connectivity index (χ1) is 8.13. The third-order valence-electron chi connectivity index (χ3n) is 2.76. The first-order valence-electron chi connectivity index (χ1n) is 5.93. The molecule has 1 saturated heterocycles. The van der Waals surface area contributed by atoms with Gasteiger partial charge in [0.1, 0.15) is 0 Å². The predicted molar refractivity (Wildman–Crippen MR) is 61.7 cm³/mol. The van der Waals surface area contributed by atoms with E-state index in [4.69, 9.17) is 9.84 Å². The summed E-state index contributed by atoms with van der Waals surface area (Å²) < 4.78 is 5.26. The molecule has 0 aromatic carbocycles. The molecular weight excluding hydrogens is 224 g/mol. The number of rotatable bonds is 6. The average Bonchev–Trinajstić information content (AvgIpc) is 2.27. The molecule has 0 saturated carbocycles. The lowest BCUT2D eigenvalue weighted by Crippen LogP contribution is -2.47. The molecule has 1 atom stereocenters. The summed E-state index contributed by atoms with van der Waals surface area (Å²) in [6.07, 6.45) is 0.472. The van der Waals surface area contributed by atoms with E-state index in [-0.39, 0.29) is 18.4 Å². The molecule has 0 bridgehead atoms. The maximum atomic E-state index is 11.3. The number of carboxylic acid groups (broad SMARTS) is 1. The number of nitrogens with zero attached hydrogens (tertiary/aromatic N) is 1. The van der Waals surface area contributed by atoms with Gasteiger partial charge in [-0.3, -0.25) is 14.5 Å². The number of carboxylic acids is 1. The van der Waals surface area contributed by atoms with Crippen molar-refractivity contribution in [1.82, 2.24) is 10.2 Å². The highest BCUT2D eigenvalue weighted by Crippen LogP contribution is 2.11. The second-order valence-electron chi connectivity index (χ2n) is 4.07. The Labute approximate surface area is 101 Å². The lowest BCUT2D eigenvalue weighted by Gasteiger charge is -2.34. The molecule has 98 valence electrons. The Balaban J connectivity index is 2.37. The van der Waals surface area contributed by atoms with E-state index in [0.29, 0.717) is 39.3 Å². The predicted octanol–water partition coefficient (Wildman–Crippen LogP) is -0.312. The summed E-state index contributed by atoms with van der Waals surface area (Å²) in [5.41, 5.74) is 0. The minimum absolute atomic E-state index is 0.00747. The molecule has 0 aliphatic carbocycles. The molecule has 1 fully saturated rings. The smallest absolute Gasteiger partial charge is 0.305 e. The number of carbonyl (C=O) groups is 2. The van der Waals surface area contributed by atoms with Gasteiger partial charge in [-0.2, -0.15) is 0 Å². The van der Waals surface area contributed by atoms with Crippen LogP contribution in [0.4, 0.5) is 0 Å². The standard InChI is InChI=1S/C11H20N2O4/c1-2-12-10(14)3-4-13-5-6-17-8-9(13)7-11(15)16/h9H,2-8H2,1H3,(H,12,14)(H,15,16). The van der Waals surface area contributed by atoms with Gasteiger partial charge in [-0.1, -0.05) is 0 Å². The molecule has 1 amide bonds. The summed E-state index contributed by atoms with van der Waals surface area (Å²) in [6.45, 7) is 4.82. The molecular formula is C11H20N2O4. The summed E-state index contributed by atoms with van der Waals surface area (Å²) >= 11 is 0. The van der Waals surface area contributed by atoms with Gasteiger partial charge < -0.3 is 15.2 Å². The second-order valence-corrected chi connectivity index (χ2v) is 4.07. The van der Waals surface area contributed by atoms with Crippen LogP contribution in [0.15, 0.2) is 0 Å². The highest BCUT2D eigenvalue weighted by Gasteiger charge is 2.25. The van der Waals surface area contributed by atoms with Crippen LogP contribution in [0, 0.1) is 0 Å². The number of amides is 1. The number of carbonyl (C=O) groups excluding carboxylic acids is 1. The van der Waals surface area contributed by atoms with Crippen LogP contribution in [0.1, 0.15) is 19.8 Å². The van der Waals surface area contributed by atoms with Crippen LogP contribution >= 0.6 is 0 Å². The lowest BCUT2D eigenvalue weighted by molar-refractivity contribution is -0.140. The van der Waals surface area contributed by atoms with E-state index in [1.54, 1.807) is 0 Å². The largest absolute Gasteiger partial charge is 0.481 e. The van der Waals surface area contributed by atoms with Gasteiger partial charge in [-0.15, -0.1) is 0 Å². The Morgan fingerprint density at radius 3 is 2.94 bits per heavy atom. The molecule has 0 spiro atoms. The Morgan fingerprint density at radius 1 is 1.53 bits per heavy atom. The summed E-state index contributed by atoms with van der Waals surface area (Å²) in [7, 11) is 0. The van der Waals surface area contributed by atoms with Gasteiger partial charge in [0.2, 0.25) is 5.91 Å². The second kappa shape index (κ2) is 7.24. The molecule has 0 aromatic heterocycles. The van der Waals surface area contributed by atoms with Gasteiger partial charge in [-0.05, 0) is 6.92 Å². The Hall–Kier alpha value is -1.14. The van der Waals surface area contributed by atoms with Crippen molar-refractivity contribution in [2.75, 3.05) is 32.8 Å². The molecule has 1 rings (SSSR count). The third-order valence-corrected chi connectivity index (χ3v) is 2.76. The van der Waals surface area contributed by atoms with Gasteiger partial charge >= 0.3 is 5.97 Å². The van der Waals surface area contributed by atoms with Crippen molar-refractivity contribution in [1.29, 1.82) is 0 Å². The highest BCUT2D eigenvalue weighted by molar-refractivity contribution is 5.76. The van der Waals surface area contributed by atoms with Gasteiger partial charge in [0, 0.05) is 32.1 Å². The maximum Gasteiger partial charge on any atom is 0.305 e. The summed E-state index contributed by atoms with van der Waals surface area (Å²) in [5.74, 6) is -0.823. The van der Waals surface area contributed by atoms with Crippen LogP contribution in [0.5, 0.6) is 0 Å². The zero-order valence-electron chi connectivity index (χ0n) is 10.1. The molecule has 1 heterocycles. The van der Waals surface area contributed by atoms with Crippen LogP contribution in [0.3, 0.4) is 0 Å². The summed E-state index contributed by atoms with van der Waals surface area (Å²) in [5, 5.41) is 11.5. The molecule has 6 nitrogen and oxygen atoms in total. The zero-order valence-corrected chi connectivity index (χ0v) is 10.1. The van der Waals surface area contributed by atoms with Crippen molar-refractivity contribution in [2.45, 2.75) is 25.8 Å². The number of morpholine rings is 1. The van der Waals surface area contributed by atoms with Crippen molar-refractivity contribution in [2.24, 2.45) is 0 Å². The summed E-state index contributed by atoms with van der Waals surface area (Å²) in [6, 6.07) is -0.115. The average molecular weight is 244 g/mol. The van der Waals surface area contributed by atoms with E-state index < -0.39 is 5.97 Å². The zero-order chi connectivity index (χ0) is 12.7. The normalized spacial score (nSPS) is 21.1. The first kappa shape index (κ1) is 13.9. The van der Waals surface area contributed by atoms with Crippen LogP contribution in [0.2, 0.25) is 0 Å². The van der Waals surface area contributed by atoms with Crippen molar-refractivity contribution in [3.05, 3.63) is 0 Å². The molecule has 6 heteroatoms. The van der Waals surface area contributed by atoms with Crippen molar-refractivity contribution in [3.8, 4) is 0 Å². The lowest BCUT2D eigenvalue weighted by atomic mass is 10.1. The highest BCUT2D eigenvalue weighted by atomic mass is 16.5. The maximum absolute atomic E-state index is 11.3. The Morgan fingerprint density at radius 2 is 2.29 bits per heavy atom. The molecule has 1 aliphatic heterocycles. The van der Waals surface area contributed by atoms with Crippen molar-refractivity contribution < 1.29 is 19.4 Å². The van der Waals surface area contributed by atoms with E-state index in [9.17, 15) is 9.59 Å². The quantitative estimate of drug-likeness (QED) is 0.670. The molecule has 1 unspecified atom stereocenters. The first-order valence-corrected chi connectivity index (χ1v) is 5.93. The van der Waals surface area contributed by atoms with E-state index in [1.165, 1.54) is 0 Å². The van der Waals surface area contributed by atoms with E-state index in [0.717, 1.165) is 0 Å². The van der Waals surface area contributed by atoms with Crippen molar-refractivity contribution in [3.63, 3.8) is 0 Å². The Kier molecular flexibility index (Phi) is 5.93. The van der Waals surface area contributed by atoms with E-state index in [1.807, 2.05) is 11.8 Å². The number of nitrogens with one attached hydrogen (secondary N) is 1. The number of ether oxygens (including phenoxy) is 1. The SMILES string of the molecule is CCNC(=O)CCN1CCOCC1CC(=O)O. The van der Waals surface area contributed by atoms with Crippen LogP contribution in [0.25, 0.3) is 0 Å². The monoisotopic (exact) mass is 244 g/mol. The fourth-order valence-corrected chi connectivity index (χ4v) is 1.90. The molecule has 1 aliphatic rings. The van der Waals surface area contributed by atoms with Crippen LogP contribution in [-0.2, 0) is 14.3 Å². The van der Waals surface area contributed by atoms with Gasteiger partial charge in [0.05, 0.1) is 19.6 Å². The molecule has 2 N–H and O–H groups in total. The van der Waals surface area contributed by atoms with Crippen LogP contribution in [-0.4, -0.2) is 60.8 Å². The van der Waals surface area contributed by atoms with Gasteiger partial charge in [0.15, 0.2) is 0 Å². The number of hydrogen-bond acceptors (Lipinski definition) is 4. The van der Waals surface area contributed by atoms with E-state index in [2.05, 4.69) is 5.32 Å². The van der Waals surface area contributed by atoms with E-state index >= 15 is 0 Å². The number of aliphatic carboxylic acids is 1. The molecule has 17 heavy (non-hydrogen) atoms. The third kappa shape index (κ3) is 5.14. The minimum Gasteiger partial charge on any atom is -0.481 e. The van der Waals surface area contributed by atoms with Gasteiger partial charge in [0.25, 0.3) is 0 Å². The van der Waals surface area contributed by atoms with Crippen molar-refractivity contribution >= 4 is 11.9 Å². The molecule has 0 radical (unpaired) electrons. The minimum atomic E-state index is -0.830. The Bertz CT molecular complexity index is 270. The fourth-order valence-electron chi connectivity index (χ4n) is 1.90. The van der Waals surface area contributed by atoms with Crippen LogP contribution < -0.4 is 5.32 Å². The number of hydrogen-bond donors (Lipinski definition) is 2. The topological polar surface area (TPSA) is 78.9 Å². The molecule has 0 aromatic rings. The fraction of sp³-hybridized carbons (Fsp3) is 0.818. The summed E-state index contributed by atoms with van der Waals surface area (Å²) in [4.78, 5) is 24.0. The van der Waals surface area contributed by atoms with Gasteiger partial charge in [-0.25, -0.2) is 0 Å².